The summed E-state index contributed by atoms with van der Waals surface area (Å²) in [5.74, 6) is -6.69. The summed E-state index contributed by atoms with van der Waals surface area (Å²) >= 11 is 0. The average molecular weight is 592 g/mol. The number of carbonyl (C=O) groups excluding carboxylic acids is 2. The lowest BCUT2D eigenvalue weighted by molar-refractivity contribution is -0.288. The Morgan fingerprint density at radius 1 is 0.561 bits per heavy atom. The molecule has 0 aromatic heterocycles. The second-order valence-electron chi connectivity index (χ2n) is 10.9. The Balaban J connectivity index is 3.08. The van der Waals surface area contributed by atoms with Crippen LogP contribution >= 0.6 is 0 Å². The van der Waals surface area contributed by atoms with Crippen LogP contribution < -0.4 is 0 Å². The van der Waals surface area contributed by atoms with Crippen molar-refractivity contribution in [3.05, 3.63) is 69.8 Å². The first-order chi connectivity index (χ1) is 18.3. The molecule has 2 N–H and O–H groups in total. The molecular weight excluding hydrogens is 566 g/mol. The third-order valence-corrected chi connectivity index (χ3v) is 5.45. The maximum absolute atomic E-state index is 14.7. The number of carboxylic acid groups (broad SMARTS) is 2. The molecule has 0 saturated heterocycles. The first kappa shape index (κ1) is 33.1. The molecule has 0 unspecified atom stereocenters. The molecule has 8 nitrogen and oxygen atoms in total. The minimum atomic E-state index is -6.23. The molecule has 14 heteroatoms. The summed E-state index contributed by atoms with van der Waals surface area (Å²) in [4.78, 5) is 48.8. The molecule has 224 valence electrons. The van der Waals surface area contributed by atoms with Crippen molar-refractivity contribution in [1.82, 2.24) is 0 Å². The average Bonchev–Trinajstić information content (AvgIpc) is 2.74. The van der Waals surface area contributed by atoms with Crippen LogP contribution in [0, 0.1) is 0 Å². The van der Waals surface area contributed by atoms with Gasteiger partial charge in [0.2, 0.25) is 5.41 Å². The van der Waals surface area contributed by atoms with Gasteiger partial charge in [0.05, 0.1) is 22.3 Å². The highest BCUT2D eigenvalue weighted by Crippen LogP contribution is 2.56. The normalized spacial score (nSPS) is 13.0. The van der Waals surface area contributed by atoms with Gasteiger partial charge in [-0.25, -0.2) is 19.2 Å². The van der Waals surface area contributed by atoms with Gasteiger partial charge in [-0.15, -0.1) is 0 Å². The van der Waals surface area contributed by atoms with Gasteiger partial charge in [-0.2, -0.15) is 26.3 Å². The van der Waals surface area contributed by atoms with Gasteiger partial charge < -0.3 is 19.7 Å². The van der Waals surface area contributed by atoms with E-state index in [2.05, 4.69) is 0 Å². The Kier molecular flexibility index (Phi) is 8.65. The van der Waals surface area contributed by atoms with Crippen molar-refractivity contribution < 1.29 is 65.2 Å². The predicted molar refractivity (Wildman–Crippen MR) is 130 cm³/mol. The van der Waals surface area contributed by atoms with Gasteiger partial charge >= 0.3 is 36.2 Å². The maximum Gasteiger partial charge on any atom is 0.411 e. The van der Waals surface area contributed by atoms with Gasteiger partial charge in [0, 0.05) is 0 Å². The first-order valence-corrected chi connectivity index (χ1v) is 11.7. The third-order valence-electron chi connectivity index (χ3n) is 5.45. The molecule has 0 aliphatic rings. The number of ether oxygens (including phenoxy) is 2. The van der Waals surface area contributed by atoms with E-state index in [1.54, 1.807) is 0 Å². The number of hydrogen-bond acceptors (Lipinski definition) is 6. The summed E-state index contributed by atoms with van der Waals surface area (Å²) < 4.78 is 98.7. The van der Waals surface area contributed by atoms with Crippen LogP contribution in [0.3, 0.4) is 0 Å². The molecule has 0 atom stereocenters. The minimum absolute atomic E-state index is 0.0400. The topological polar surface area (TPSA) is 127 Å². The number of hydrogen-bond donors (Lipinski definition) is 2. The van der Waals surface area contributed by atoms with E-state index in [1.165, 1.54) is 41.5 Å². The van der Waals surface area contributed by atoms with Crippen molar-refractivity contribution in [2.45, 2.75) is 70.5 Å². The van der Waals surface area contributed by atoms with E-state index < -0.39 is 86.2 Å². The highest BCUT2D eigenvalue weighted by Gasteiger charge is 2.72. The van der Waals surface area contributed by atoms with Crippen molar-refractivity contribution >= 4 is 23.9 Å². The molecule has 0 aliphatic carbocycles. The molecule has 0 bridgehead atoms. The molecule has 2 aromatic rings. The molecule has 0 amide bonds. The van der Waals surface area contributed by atoms with E-state index in [0.29, 0.717) is 18.2 Å². The van der Waals surface area contributed by atoms with E-state index >= 15 is 0 Å². The molecule has 2 rings (SSSR count). The summed E-state index contributed by atoms with van der Waals surface area (Å²) in [6, 6.07) is 1.48. The van der Waals surface area contributed by atoms with Crippen LogP contribution in [0.5, 0.6) is 0 Å². The monoisotopic (exact) mass is 592 g/mol. The number of alkyl halides is 6. The molecule has 41 heavy (non-hydrogen) atoms. The molecule has 0 radical (unpaired) electrons. The fraction of sp³-hybridized carbons (Fsp3) is 0.407. The third kappa shape index (κ3) is 6.80. The van der Waals surface area contributed by atoms with Gasteiger partial charge in [-0.05, 0) is 76.9 Å². The predicted octanol–water partition coefficient (Wildman–Crippen LogP) is 6.40. The van der Waals surface area contributed by atoms with Gasteiger partial charge in [-0.3, -0.25) is 0 Å². The fourth-order valence-electron chi connectivity index (χ4n) is 3.91. The Hall–Kier alpha value is -4.10. The van der Waals surface area contributed by atoms with E-state index in [-0.39, 0.29) is 18.2 Å². The van der Waals surface area contributed by atoms with Crippen LogP contribution in [-0.2, 0) is 14.9 Å². The molecule has 0 saturated carbocycles. The highest BCUT2D eigenvalue weighted by atomic mass is 19.4. The van der Waals surface area contributed by atoms with Crippen LogP contribution in [0.1, 0.15) is 94.1 Å². The van der Waals surface area contributed by atoms with Gasteiger partial charge in [-0.1, -0.05) is 12.1 Å². The quantitative estimate of drug-likeness (QED) is 0.291. The lowest BCUT2D eigenvalue weighted by Crippen LogP contribution is -2.55. The molecule has 0 spiro atoms. The van der Waals surface area contributed by atoms with Crippen molar-refractivity contribution in [2.75, 3.05) is 0 Å². The number of carbonyl (C=O) groups is 4. The summed E-state index contributed by atoms with van der Waals surface area (Å²) in [5, 5.41) is 18.6. The smallest absolute Gasteiger partial charge is 0.411 e. The fourth-order valence-corrected chi connectivity index (χ4v) is 3.91. The lowest BCUT2D eigenvalue weighted by atomic mass is 9.71. The van der Waals surface area contributed by atoms with Gasteiger partial charge in [0.25, 0.3) is 0 Å². The zero-order valence-corrected chi connectivity index (χ0v) is 22.6. The standard InChI is InChI=1S/C27H26F6O8/c1-23(2,3)40-21(38)16-10-8-14(12-18(16)22(39)41-24(4,5)6)25(26(28,29)30,27(31,32)33)13-7-9-15(19(34)35)17(11-13)20(36)37/h7-12H,1-6H3,(H,34,35)(H,36,37). The number of carboxylic acids is 2. The first-order valence-electron chi connectivity index (χ1n) is 11.7. The second kappa shape index (κ2) is 10.7. The van der Waals surface area contributed by atoms with Crippen LogP contribution in [-0.4, -0.2) is 57.6 Å². The van der Waals surface area contributed by atoms with E-state index in [0.717, 1.165) is 0 Å². The highest BCUT2D eigenvalue weighted by molar-refractivity contribution is 6.04. The molecular formula is C27H26F6O8. The molecule has 2 aromatic carbocycles. The number of benzene rings is 2. The van der Waals surface area contributed by atoms with Crippen LogP contribution in [0.2, 0.25) is 0 Å². The number of rotatable bonds is 6. The van der Waals surface area contributed by atoms with Gasteiger partial charge in [0.1, 0.15) is 11.2 Å². The largest absolute Gasteiger partial charge is 0.478 e. The van der Waals surface area contributed by atoms with Crippen molar-refractivity contribution in [2.24, 2.45) is 0 Å². The van der Waals surface area contributed by atoms with Crippen molar-refractivity contribution in [3.8, 4) is 0 Å². The summed E-state index contributed by atoms with van der Waals surface area (Å²) in [6.07, 6.45) is -12.5. The van der Waals surface area contributed by atoms with Crippen LogP contribution in [0.25, 0.3) is 0 Å². The Bertz CT molecular complexity index is 1360. The summed E-state index contributed by atoms with van der Waals surface area (Å²) in [6.45, 7) is 8.42. The minimum Gasteiger partial charge on any atom is -0.478 e. The Morgan fingerprint density at radius 3 is 1.24 bits per heavy atom. The van der Waals surface area contributed by atoms with Crippen molar-refractivity contribution in [1.29, 1.82) is 0 Å². The number of halogens is 6. The molecule has 0 fully saturated rings. The van der Waals surface area contributed by atoms with Crippen LogP contribution in [0.15, 0.2) is 36.4 Å². The summed E-state index contributed by atoms with van der Waals surface area (Å²) in [5.41, 5.74) is -14.8. The number of aromatic carboxylic acids is 2. The lowest BCUT2D eigenvalue weighted by Gasteiger charge is -2.38. The zero-order valence-electron chi connectivity index (χ0n) is 22.6. The number of esters is 2. The Morgan fingerprint density at radius 2 is 0.902 bits per heavy atom. The van der Waals surface area contributed by atoms with Crippen molar-refractivity contribution in [3.63, 3.8) is 0 Å². The van der Waals surface area contributed by atoms with Gasteiger partial charge in [0.15, 0.2) is 0 Å². The molecule has 0 heterocycles. The Labute approximate surface area is 229 Å². The zero-order chi connectivity index (χ0) is 31.9. The SMILES string of the molecule is CC(C)(C)OC(=O)c1ccc(C(c2ccc(C(=O)O)c(C(=O)O)c2)(C(F)(F)F)C(F)(F)F)cc1C(=O)OC(C)(C)C. The summed E-state index contributed by atoms with van der Waals surface area (Å²) in [7, 11) is 0. The second-order valence-corrected chi connectivity index (χ2v) is 10.9. The van der Waals surface area contributed by atoms with Crippen LogP contribution in [0.4, 0.5) is 26.3 Å². The van der Waals surface area contributed by atoms with E-state index in [9.17, 15) is 55.7 Å². The molecule has 0 aliphatic heterocycles. The van der Waals surface area contributed by atoms with E-state index in [1.807, 2.05) is 0 Å². The van der Waals surface area contributed by atoms with E-state index in [4.69, 9.17) is 9.47 Å². The maximum atomic E-state index is 14.7.